The summed E-state index contributed by atoms with van der Waals surface area (Å²) in [5.41, 5.74) is 8.31. The molecule has 2 nitrogen and oxygen atoms in total. The van der Waals surface area contributed by atoms with Gasteiger partial charge in [0, 0.05) is 11.4 Å². The molecule has 0 unspecified atom stereocenters. The Morgan fingerprint density at radius 1 is 1.11 bits per heavy atom. The van der Waals surface area contributed by atoms with Crippen molar-refractivity contribution in [3.63, 3.8) is 0 Å². The maximum atomic E-state index is 6.09. The first-order valence-electron chi connectivity index (χ1n) is 5.89. The van der Waals surface area contributed by atoms with Crippen LogP contribution in [0, 0.1) is 0 Å². The van der Waals surface area contributed by atoms with Gasteiger partial charge in [-0.1, -0.05) is 30.3 Å². The van der Waals surface area contributed by atoms with Crippen molar-refractivity contribution in [2.75, 3.05) is 11.6 Å². The van der Waals surface area contributed by atoms with Gasteiger partial charge in [-0.15, -0.1) is 11.6 Å². The van der Waals surface area contributed by atoms with E-state index in [2.05, 4.69) is 12.1 Å². The number of aryl methyl sites for hydroxylation is 1. The number of alkyl halides is 1. The van der Waals surface area contributed by atoms with Crippen molar-refractivity contribution in [3.8, 4) is 0 Å². The number of rotatable bonds is 4. The van der Waals surface area contributed by atoms with Crippen molar-refractivity contribution >= 4 is 29.7 Å². The summed E-state index contributed by atoms with van der Waals surface area (Å²) in [6.07, 6.45) is 6.71. The van der Waals surface area contributed by atoms with Crippen LogP contribution in [0.4, 0.5) is 5.82 Å². The van der Waals surface area contributed by atoms with E-state index in [0.717, 1.165) is 23.4 Å². The SMILES string of the molecule is Nc1c(CCCl)ccc[n+]1C=Cc1ccccc1.[I-]. The summed E-state index contributed by atoms with van der Waals surface area (Å²) in [5, 5.41) is 0. The van der Waals surface area contributed by atoms with Crippen molar-refractivity contribution in [3.05, 3.63) is 59.8 Å². The van der Waals surface area contributed by atoms with Crippen LogP contribution in [-0.2, 0) is 6.42 Å². The van der Waals surface area contributed by atoms with Crippen molar-refractivity contribution in [1.29, 1.82) is 0 Å². The monoisotopic (exact) mass is 386 g/mol. The molecule has 0 fully saturated rings. The van der Waals surface area contributed by atoms with Gasteiger partial charge in [0.1, 0.15) is 0 Å². The van der Waals surface area contributed by atoms with Crippen LogP contribution in [0.15, 0.2) is 48.7 Å². The average Bonchev–Trinajstić information content (AvgIpc) is 2.41. The lowest BCUT2D eigenvalue weighted by molar-refractivity contribution is -0.551. The molecule has 0 aliphatic carbocycles. The Hall–Kier alpha value is -1.07. The Kier molecular flexibility index (Phi) is 6.87. The maximum absolute atomic E-state index is 6.09. The molecule has 2 N–H and O–H groups in total. The molecule has 0 bridgehead atoms. The highest BCUT2D eigenvalue weighted by Gasteiger charge is 2.07. The summed E-state index contributed by atoms with van der Waals surface area (Å²) in [5.74, 6) is 1.32. The molecule has 0 atom stereocenters. The fourth-order valence-electron chi connectivity index (χ4n) is 1.76. The number of anilines is 1. The summed E-state index contributed by atoms with van der Waals surface area (Å²) < 4.78 is 1.91. The number of halogens is 2. The van der Waals surface area contributed by atoms with E-state index in [0.29, 0.717) is 5.88 Å². The van der Waals surface area contributed by atoms with Gasteiger partial charge in [-0.3, -0.25) is 5.73 Å². The van der Waals surface area contributed by atoms with Crippen LogP contribution >= 0.6 is 11.6 Å². The Labute approximate surface area is 135 Å². The predicted molar refractivity (Wildman–Crippen MR) is 77.1 cm³/mol. The van der Waals surface area contributed by atoms with E-state index < -0.39 is 0 Å². The molecule has 100 valence electrons. The molecule has 0 aliphatic rings. The van der Waals surface area contributed by atoms with Gasteiger partial charge in [0.05, 0.1) is 12.4 Å². The number of pyridine rings is 1. The molecule has 1 aromatic carbocycles. The molecule has 0 spiro atoms. The number of nitrogens with two attached hydrogens (primary N) is 1. The third-order valence-electron chi connectivity index (χ3n) is 2.74. The lowest BCUT2D eigenvalue weighted by atomic mass is 10.2. The standard InChI is InChI=1S/C15H15ClN2.HI/c16-10-8-14-7-4-11-18(15(14)17)12-9-13-5-2-1-3-6-13;/h1-7,9,11-12,17H,8,10H2;1H. The predicted octanol–water partition coefficient (Wildman–Crippen LogP) is -0.0305. The number of hydrogen-bond acceptors (Lipinski definition) is 1. The van der Waals surface area contributed by atoms with Crippen LogP contribution in [0.2, 0.25) is 0 Å². The maximum Gasteiger partial charge on any atom is 0.280 e. The molecule has 0 aliphatic heterocycles. The number of benzene rings is 1. The highest BCUT2D eigenvalue weighted by molar-refractivity contribution is 6.18. The van der Waals surface area contributed by atoms with Gasteiger partial charge in [-0.05, 0) is 30.2 Å². The Morgan fingerprint density at radius 2 is 1.84 bits per heavy atom. The van der Waals surface area contributed by atoms with Gasteiger partial charge < -0.3 is 24.0 Å². The fourth-order valence-corrected chi connectivity index (χ4v) is 1.96. The van der Waals surface area contributed by atoms with Gasteiger partial charge in [0.2, 0.25) is 0 Å². The van der Waals surface area contributed by atoms with Crippen LogP contribution in [0.5, 0.6) is 0 Å². The molecule has 2 rings (SSSR count). The van der Waals surface area contributed by atoms with Gasteiger partial charge in [-0.25, -0.2) is 4.57 Å². The quantitative estimate of drug-likeness (QED) is 0.446. The summed E-state index contributed by atoms with van der Waals surface area (Å²) in [4.78, 5) is 0. The summed E-state index contributed by atoms with van der Waals surface area (Å²) in [7, 11) is 0. The zero-order valence-electron chi connectivity index (χ0n) is 10.5. The normalized spacial score (nSPS) is 10.4. The largest absolute Gasteiger partial charge is 1.00 e. The Morgan fingerprint density at radius 3 is 2.53 bits per heavy atom. The third-order valence-corrected chi connectivity index (χ3v) is 2.93. The minimum absolute atomic E-state index is 0. The molecule has 0 amide bonds. The molecule has 0 radical (unpaired) electrons. The summed E-state index contributed by atoms with van der Waals surface area (Å²) >= 11 is 5.75. The number of hydrogen-bond donors (Lipinski definition) is 1. The molecule has 19 heavy (non-hydrogen) atoms. The van der Waals surface area contributed by atoms with E-state index in [4.69, 9.17) is 17.3 Å². The summed E-state index contributed by atoms with van der Waals surface area (Å²) in [6, 6.07) is 14.1. The van der Waals surface area contributed by atoms with E-state index in [-0.39, 0.29) is 24.0 Å². The van der Waals surface area contributed by atoms with E-state index in [1.165, 1.54) is 0 Å². The molecule has 2 aromatic rings. The first-order valence-corrected chi connectivity index (χ1v) is 6.42. The van der Waals surface area contributed by atoms with Crippen molar-refractivity contribution in [1.82, 2.24) is 0 Å². The molecule has 0 saturated heterocycles. The molecule has 1 aromatic heterocycles. The molecular formula is C15H16ClIN2. The van der Waals surface area contributed by atoms with Crippen LogP contribution in [-0.4, -0.2) is 5.88 Å². The molecule has 4 heteroatoms. The lowest BCUT2D eigenvalue weighted by Gasteiger charge is -2.02. The molecule has 0 saturated carbocycles. The fraction of sp³-hybridized carbons (Fsp3) is 0.133. The van der Waals surface area contributed by atoms with Crippen LogP contribution in [0.1, 0.15) is 11.1 Å². The van der Waals surface area contributed by atoms with E-state index in [1.807, 2.05) is 53.4 Å². The second-order valence-corrected chi connectivity index (χ2v) is 4.37. The molecule has 1 heterocycles. The summed E-state index contributed by atoms with van der Waals surface area (Å²) in [6.45, 7) is 0. The second-order valence-electron chi connectivity index (χ2n) is 3.99. The van der Waals surface area contributed by atoms with E-state index in [1.54, 1.807) is 0 Å². The van der Waals surface area contributed by atoms with Crippen LogP contribution in [0.25, 0.3) is 12.3 Å². The zero-order valence-corrected chi connectivity index (χ0v) is 13.4. The van der Waals surface area contributed by atoms with Crippen molar-refractivity contribution in [2.24, 2.45) is 0 Å². The highest BCUT2D eigenvalue weighted by atomic mass is 127. The van der Waals surface area contributed by atoms with Crippen LogP contribution in [0.3, 0.4) is 0 Å². The first-order chi connectivity index (χ1) is 8.81. The van der Waals surface area contributed by atoms with Gasteiger partial charge in [0.15, 0.2) is 0 Å². The number of aromatic nitrogens is 1. The van der Waals surface area contributed by atoms with Crippen molar-refractivity contribution < 1.29 is 28.5 Å². The third kappa shape index (κ3) is 4.51. The highest BCUT2D eigenvalue weighted by Crippen LogP contribution is 2.08. The van der Waals surface area contributed by atoms with Gasteiger partial charge in [0.25, 0.3) is 5.82 Å². The smallest absolute Gasteiger partial charge is 0.280 e. The number of nitrogen functional groups attached to an aromatic ring is 1. The minimum Gasteiger partial charge on any atom is -1.00 e. The first kappa shape index (κ1) is 16.0. The zero-order chi connectivity index (χ0) is 12.8. The van der Waals surface area contributed by atoms with Crippen molar-refractivity contribution in [2.45, 2.75) is 6.42 Å². The average molecular weight is 387 g/mol. The Bertz CT molecular complexity index is 541. The lowest BCUT2D eigenvalue weighted by Crippen LogP contribution is -3.00. The minimum atomic E-state index is 0. The van der Waals surface area contributed by atoms with Gasteiger partial charge >= 0.3 is 0 Å². The topological polar surface area (TPSA) is 29.9 Å². The number of nitrogens with zero attached hydrogens (tertiary/aromatic N) is 1. The van der Waals surface area contributed by atoms with Crippen LogP contribution < -0.4 is 34.3 Å². The van der Waals surface area contributed by atoms with Gasteiger partial charge in [-0.2, -0.15) is 0 Å². The second kappa shape index (κ2) is 8.17. The van der Waals surface area contributed by atoms with E-state index in [9.17, 15) is 0 Å². The Balaban J connectivity index is 0.00000180. The molecular weight excluding hydrogens is 371 g/mol. The van der Waals surface area contributed by atoms with E-state index >= 15 is 0 Å².